The Morgan fingerprint density at radius 3 is 2.15 bits per heavy atom. The van der Waals surface area contributed by atoms with Gasteiger partial charge in [-0.1, -0.05) is 27.2 Å². The Bertz CT molecular complexity index is 373. The average Bonchev–Trinajstić information content (AvgIpc) is 2.68. The summed E-state index contributed by atoms with van der Waals surface area (Å²) in [6.45, 7) is 18.1. The van der Waals surface area contributed by atoms with E-state index in [4.69, 9.17) is 4.74 Å². The molecule has 0 amide bonds. The van der Waals surface area contributed by atoms with E-state index in [9.17, 15) is 0 Å². The molecule has 0 bridgehead atoms. The molecule has 0 N–H and O–H groups in total. The lowest BCUT2D eigenvalue weighted by molar-refractivity contribution is -0.0329. The zero-order valence-corrected chi connectivity index (χ0v) is 19.1. The van der Waals surface area contributed by atoms with Crippen LogP contribution in [0.25, 0.3) is 0 Å². The van der Waals surface area contributed by atoms with Crippen molar-refractivity contribution in [3.05, 3.63) is 0 Å². The molecule has 0 aromatic carbocycles. The summed E-state index contributed by atoms with van der Waals surface area (Å²) in [4.78, 5) is 5.37. The van der Waals surface area contributed by atoms with Gasteiger partial charge in [0.25, 0.3) is 0 Å². The Morgan fingerprint density at radius 2 is 1.56 bits per heavy atom. The fourth-order valence-corrected chi connectivity index (χ4v) is 5.08. The summed E-state index contributed by atoms with van der Waals surface area (Å²) < 4.78 is 6.23. The SMILES string of the molecule is CCCC(C)O[C@H]1CC[C@H](C[C@H](C)CCN2CCN(C(C)CC)CC2)CC1. The van der Waals surface area contributed by atoms with E-state index >= 15 is 0 Å². The first-order chi connectivity index (χ1) is 13.0. The summed E-state index contributed by atoms with van der Waals surface area (Å²) in [6, 6.07) is 0.759. The van der Waals surface area contributed by atoms with E-state index in [2.05, 4.69) is 44.4 Å². The van der Waals surface area contributed by atoms with Gasteiger partial charge in [0.15, 0.2) is 0 Å². The van der Waals surface area contributed by atoms with E-state index < -0.39 is 0 Å². The molecule has 2 unspecified atom stereocenters. The van der Waals surface area contributed by atoms with Gasteiger partial charge in [0.2, 0.25) is 0 Å². The highest BCUT2D eigenvalue weighted by Gasteiger charge is 2.25. The van der Waals surface area contributed by atoms with Crippen LogP contribution in [0.4, 0.5) is 0 Å². The lowest BCUT2D eigenvalue weighted by Crippen LogP contribution is -2.49. The second kappa shape index (κ2) is 12.4. The Hall–Kier alpha value is -0.120. The molecule has 1 saturated heterocycles. The summed E-state index contributed by atoms with van der Waals surface area (Å²) in [7, 11) is 0. The largest absolute Gasteiger partial charge is 0.375 e. The monoisotopic (exact) mass is 380 g/mol. The molecule has 2 aliphatic rings. The third-order valence-corrected chi connectivity index (χ3v) is 7.21. The molecule has 160 valence electrons. The van der Waals surface area contributed by atoms with E-state index in [-0.39, 0.29) is 0 Å². The van der Waals surface area contributed by atoms with Crippen molar-refractivity contribution in [1.82, 2.24) is 9.80 Å². The van der Waals surface area contributed by atoms with Crippen molar-refractivity contribution in [3.63, 3.8) is 0 Å². The molecule has 0 aromatic rings. The normalized spacial score (nSPS) is 28.8. The van der Waals surface area contributed by atoms with Crippen molar-refractivity contribution < 1.29 is 4.74 Å². The molecule has 1 heterocycles. The van der Waals surface area contributed by atoms with E-state index in [0.717, 1.165) is 17.9 Å². The van der Waals surface area contributed by atoms with Gasteiger partial charge in [-0.15, -0.1) is 0 Å². The highest BCUT2D eigenvalue weighted by molar-refractivity contribution is 4.78. The molecular formula is C24H48N2O. The zero-order valence-electron chi connectivity index (χ0n) is 19.1. The molecular weight excluding hydrogens is 332 g/mol. The fourth-order valence-electron chi connectivity index (χ4n) is 5.08. The van der Waals surface area contributed by atoms with Crippen LogP contribution in [0, 0.1) is 11.8 Å². The summed E-state index contributed by atoms with van der Waals surface area (Å²) >= 11 is 0. The predicted molar refractivity (Wildman–Crippen MR) is 117 cm³/mol. The lowest BCUT2D eigenvalue weighted by atomic mass is 9.81. The van der Waals surface area contributed by atoms with Gasteiger partial charge in [0, 0.05) is 32.2 Å². The predicted octanol–water partition coefficient (Wildman–Crippen LogP) is 5.58. The molecule has 3 nitrogen and oxygen atoms in total. The summed E-state index contributed by atoms with van der Waals surface area (Å²) in [6.07, 6.45) is 12.9. The third-order valence-electron chi connectivity index (χ3n) is 7.21. The van der Waals surface area contributed by atoms with E-state index in [1.807, 2.05) is 0 Å². The van der Waals surface area contributed by atoms with Crippen LogP contribution >= 0.6 is 0 Å². The Morgan fingerprint density at radius 1 is 0.889 bits per heavy atom. The van der Waals surface area contributed by atoms with Crippen LogP contribution in [0.3, 0.4) is 0 Å². The quantitative estimate of drug-likeness (QED) is 0.465. The van der Waals surface area contributed by atoms with Gasteiger partial charge in [-0.3, -0.25) is 4.90 Å². The number of rotatable bonds is 11. The first-order valence-electron chi connectivity index (χ1n) is 12.1. The molecule has 1 aliphatic heterocycles. The zero-order chi connectivity index (χ0) is 19.6. The maximum atomic E-state index is 6.23. The van der Waals surface area contributed by atoms with Gasteiger partial charge in [0.05, 0.1) is 12.2 Å². The van der Waals surface area contributed by atoms with Crippen molar-refractivity contribution >= 4 is 0 Å². The number of piperazine rings is 1. The van der Waals surface area contributed by atoms with E-state index in [0.29, 0.717) is 12.2 Å². The van der Waals surface area contributed by atoms with Crippen LogP contribution < -0.4 is 0 Å². The van der Waals surface area contributed by atoms with E-state index in [1.165, 1.54) is 90.5 Å². The van der Waals surface area contributed by atoms with Gasteiger partial charge >= 0.3 is 0 Å². The lowest BCUT2D eigenvalue weighted by Gasteiger charge is -2.38. The van der Waals surface area contributed by atoms with Gasteiger partial charge in [-0.05, 0) is 83.6 Å². The van der Waals surface area contributed by atoms with E-state index in [1.54, 1.807) is 0 Å². The molecule has 2 rings (SSSR count). The number of hydrogen-bond acceptors (Lipinski definition) is 3. The van der Waals surface area contributed by atoms with Crippen molar-refractivity contribution in [2.75, 3.05) is 32.7 Å². The van der Waals surface area contributed by atoms with Crippen LogP contribution in [0.15, 0.2) is 0 Å². The minimum Gasteiger partial charge on any atom is -0.375 e. The first-order valence-corrected chi connectivity index (χ1v) is 12.1. The Kier molecular flexibility index (Phi) is 10.7. The number of ether oxygens (including phenoxy) is 1. The topological polar surface area (TPSA) is 15.7 Å². The van der Waals surface area contributed by atoms with Gasteiger partial charge in [0.1, 0.15) is 0 Å². The molecule has 27 heavy (non-hydrogen) atoms. The second-order valence-corrected chi connectivity index (χ2v) is 9.64. The van der Waals surface area contributed by atoms with Crippen LogP contribution in [-0.2, 0) is 4.74 Å². The smallest absolute Gasteiger partial charge is 0.0579 e. The number of hydrogen-bond donors (Lipinski definition) is 0. The van der Waals surface area contributed by atoms with Crippen molar-refractivity contribution in [2.45, 2.75) is 111 Å². The van der Waals surface area contributed by atoms with Crippen molar-refractivity contribution in [3.8, 4) is 0 Å². The van der Waals surface area contributed by atoms with Crippen LogP contribution in [0.2, 0.25) is 0 Å². The highest BCUT2D eigenvalue weighted by atomic mass is 16.5. The molecule has 3 atom stereocenters. The van der Waals surface area contributed by atoms with Crippen LogP contribution in [0.5, 0.6) is 0 Å². The van der Waals surface area contributed by atoms with Crippen LogP contribution in [0.1, 0.15) is 92.4 Å². The molecule has 2 fully saturated rings. The molecule has 0 radical (unpaired) electrons. The summed E-state index contributed by atoms with van der Waals surface area (Å²) in [5.74, 6) is 1.82. The molecule has 0 aromatic heterocycles. The van der Waals surface area contributed by atoms with Crippen LogP contribution in [-0.4, -0.2) is 60.8 Å². The summed E-state index contributed by atoms with van der Waals surface area (Å²) in [5, 5.41) is 0. The molecule has 0 spiro atoms. The molecule has 1 saturated carbocycles. The third kappa shape index (κ3) is 8.41. The molecule has 1 aliphatic carbocycles. The summed E-state index contributed by atoms with van der Waals surface area (Å²) in [5.41, 5.74) is 0. The average molecular weight is 381 g/mol. The second-order valence-electron chi connectivity index (χ2n) is 9.64. The van der Waals surface area contributed by atoms with Crippen molar-refractivity contribution in [1.29, 1.82) is 0 Å². The molecule has 3 heteroatoms. The minimum absolute atomic E-state index is 0.455. The standard InChI is InChI=1S/C24H48N2O/c1-6-8-22(5)27-24-11-9-23(10-12-24)19-20(3)13-14-25-15-17-26(18-16-25)21(4)7-2/h20-24H,6-19H2,1-5H3/t20-,21?,22?,23-,24-/m1/s1. The van der Waals surface area contributed by atoms with Crippen molar-refractivity contribution in [2.24, 2.45) is 11.8 Å². The van der Waals surface area contributed by atoms with Gasteiger partial charge in [-0.2, -0.15) is 0 Å². The maximum Gasteiger partial charge on any atom is 0.0579 e. The fraction of sp³-hybridized carbons (Fsp3) is 1.00. The number of nitrogens with zero attached hydrogens (tertiary/aromatic N) is 2. The minimum atomic E-state index is 0.455. The van der Waals surface area contributed by atoms with Gasteiger partial charge < -0.3 is 9.64 Å². The Balaban J connectivity index is 1.56. The first kappa shape index (κ1) is 23.2. The Labute approximate surface area is 170 Å². The highest BCUT2D eigenvalue weighted by Crippen LogP contribution is 2.32. The van der Waals surface area contributed by atoms with Gasteiger partial charge in [-0.25, -0.2) is 0 Å². The maximum absolute atomic E-state index is 6.23.